The van der Waals surface area contributed by atoms with Crippen molar-refractivity contribution in [2.45, 2.75) is 95.0 Å². The molecule has 12 nitrogen and oxygen atoms in total. The molecule has 0 bridgehead atoms. The summed E-state index contributed by atoms with van der Waals surface area (Å²) in [6.07, 6.45) is 6.51. The number of rotatable bonds is 15. The number of hydrogen-bond acceptors (Lipinski definition) is 9. The molecule has 3 amide bonds. The van der Waals surface area contributed by atoms with Crippen LogP contribution in [-0.4, -0.2) is 99.0 Å². The van der Waals surface area contributed by atoms with Crippen molar-refractivity contribution in [3.8, 4) is 5.75 Å². The van der Waals surface area contributed by atoms with Gasteiger partial charge in [0.25, 0.3) is 0 Å². The van der Waals surface area contributed by atoms with E-state index in [0.29, 0.717) is 62.5 Å². The summed E-state index contributed by atoms with van der Waals surface area (Å²) in [6.45, 7) is 3.73. The summed E-state index contributed by atoms with van der Waals surface area (Å²) in [5.74, 6) is 0.193. The summed E-state index contributed by atoms with van der Waals surface area (Å²) in [7, 11) is 1.46. The molecule has 4 aliphatic carbocycles. The second kappa shape index (κ2) is 16.1. The SMILES string of the molecule is COC1CCC(NC(=O)COCCOCCNC(=O)CCOC2CCC3C4CCc5cc(O)ccc5C4CCC23C)C(O)C1C(N)=O. The Hall–Kier alpha value is -2.77. The molecule has 0 saturated heterocycles. The van der Waals surface area contributed by atoms with Gasteiger partial charge in [0.15, 0.2) is 0 Å². The lowest BCUT2D eigenvalue weighted by Gasteiger charge is -2.50. The third-order valence-corrected chi connectivity index (χ3v) is 11.4. The predicted octanol–water partition coefficient (Wildman–Crippen LogP) is 1.93. The van der Waals surface area contributed by atoms with Gasteiger partial charge in [-0.1, -0.05) is 13.0 Å². The molecule has 3 fully saturated rings. The van der Waals surface area contributed by atoms with Crippen molar-refractivity contribution in [3.63, 3.8) is 0 Å². The molecule has 1 aromatic rings. The molecule has 1 aromatic carbocycles. The van der Waals surface area contributed by atoms with Gasteiger partial charge >= 0.3 is 0 Å². The molecule has 6 N–H and O–H groups in total. The maximum absolute atomic E-state index is 12.4. The van der Waals surface area contributed by atoms with Gasteiger partial charge in [-0.05, 0) is 97.8 Å². The fourth-order valence-corrected chi connectivity index (χ4v) is 9.01. The summed E-state index contributed by atoms with van der Waals surface area (Å²) < 4.78 is 22.5. The standard InChI is InChI=1S/C35H53N3O9/c1-35-13-11-24-23-6-4-22(39)19-21(23)3-5-25(24)26(35)7-10-29(35)47-15-12-30(40)37-14-16-45-17-18-46-20-31(41)38-27-8-9-28(44-2)32(33(27)42)34(36)43/h4,6,19,24-29,32-33,39,42H,3,5,7-18,20H2,1-2H3,(H2,36,43)(H,37,40)(H,38,41). The summed E-state index contributed by atoms with van der Waals surface area (Å²) >= 11 is 0. The number of phenolic OH excluding ortho intramolecular Hbond substituents is 1. The average Bonchev–Trinajstić information content (AvgIpc) is 3.38. The van der Waals surface area contributed by atoms with Gasteiger partial charge in [0.1, 0.15) is 12.4 Å². The minimum Gasteiger partial charge on any atom is -0.508 e. The van der Waals surface area contributed by atoms with Gasteiger partial charge in [0.05, 0.1) is 56.7 Å². The molecule has 4 aliphatic rings. The van der Waals surface area contributed by atoms with Crippen LogP contribution in [0.15, 0.2) is 18.2 Å². The first-order chi connectivity index (χ1) is 22.6. The van der Waals surface area contributed by atoms with Crippen LogP contribution in [0.25, 0.3) is 0 Å². The van der Waals surface area contributed by atoms with Crippen molar-refractivity contribution in [1.82, 2.24) is 10.6 Å². The van der Waals surface area contributed by atoms with Crippen LogP contribution in [-0.2, 0) is 39.8 Å². The Labute approximate surface area is 277 Å². The number of benzene rings is 1. The number of amides is 3. The van der Waals surface area contributed by atoms with Crippen LogP contribution in [0.1, 0.15) is 75.3 Å². The number of aromatic hydroxyl groups is 1. The van der Waals surface area contributed by atoms with Gasteiger partial charge in [-0.15, -0.1) is 0 Å². The Morgan fingerprint density at radius 1 is 1.00 bits per heavy atom. The number of carbonyl (C=O) groups is 3. The maximum atomic E-state index is 12.4. The van der Waals surface area contributed by atoms with Gasteiger partial charge in [-0.3, -0.25) is 14.4 Å². The molecule has 0 spiro atoms. The molecule has 262 valence electrons. The highest BCUT2D eigenvalue weighted by Crippen LogP contribution is 2.61. The van der Waals surface area contributed by atoms with Crippen molar-refractivity contribution >= 4 is 17.7 Å². The predicted molar refractivity (Wildman–Crippen MR) is 172 cm³/mol. The molecular formula is C35H53N3O9. The molecule has 5 rings (SSSR count). The van der Waals surface area contributed by atoms with Crippen LogP contribution in [0.4, 0.5) is 0 Å². The first-order valence-electron chi connectivity index (χ1n) is 17.3. The zero-order chi connectivity index (χ0) is 33.6. The summed E-state index contributed by atoms with van der Waals surface area (Å²) in [5.41, 5.74) is 8.30. The fraction of sp³-hybridized carbons (Fsp3) is 0.743. The lowest BCUT2D eigenvalue weighted by molar-refractivity contribution is -0.141. The number of nitrogens with one attached hydrogen (secondary N) is 2. The van der Waals surface area contributed by atoms with Crippen molar-refractivity contribution < 1.29 is 43.5 Å². The normalized spacial score (nSPS) is 32.9. The minimum atomic E-state index is -1.13. The van der Waals surface area contributed by atoms with Crippen LogP contribution in [0.2, 0.25) is 0 Å². The number of aliphatic hydroxyl groups is 1. The zero-order valence-electron chi connectivity index (χ0n) is 27.8. The van der Waals surface area contributed by atoms with Gasteiger partial charge in [0.2, 0.25) is 17.7 Å². The van der Waals surface area contributed by atoms with Crippen molar-refractivity contribution in [2.75, 3.05) is 46.7 Å². The van der Waals surface area contributed by atoms with E-state index in [1.165, 1.54) is 31.1 Å². The Kier molecular flexibility index (Phi) is 12.2. The zero-order valence-corrected chi connectivity index (χ0v) is 27.8. The molecule has 3 saturated carbocycles. The summed E-state index contributed by atoms with van der Waals surface area (Å²) in [5, 5.41) is 26.0. The number of primary amides is 1. The van der Waals surface area contributed by atoms with E-state index in [-0.39, 0.29) is 37.2 Å². The smallest absolute Gasteiger partial charge is 0.246 e. The molecular weight excluding hydrogens is 606 g/mol. The summed E-state index contributed by atoms with van der Waals surface area (Å²) in [6, 6.07) is 5.31. The average molecular weight is 660 g/mol. The number of carbonyl (C=O) groups excluding carboxylic acids is 3. The highest BCUT2D eigenvalue weighted by molar-refractivity contribution is 5.80. The highest BCUT2D eigenvalue weighted by Gasteiger charge is 2.55. The topological polar surface area (TPSA) is 179 Å². The number of nitrogens with two attached hydrogens (primary N) is 1. The number of methoxy groups -OCH3 is 1. The number of fused-ring (bicyclic) bond motifs is 5. The minimum absolute atomic E-state index is 0.0719. The third kappa shape index (κ3) is 8.28. The van der Waals surface area contributed by atoms with Crippen molar-refractivity contribution in [1.29, 1.82) is 0 Å². The second-order valence-corrected chi connectivity index (χ2v) is 14.0. The molecule has 0 aliphatic heterocycles. The lowest BCUT2D eigenvalue weighted by atomic mass is 9.55. The van der Waals surface area contributed by atoms with Crippen LogP contribution in [0.5, 0.6) is 5.75 Å². The first-order valence-corrected chi connectivity index (χ1v) is 17.3. The van der Waals surface area contributed by atoms with E-state index in [4.69, 9.17) is 24.7 Å². The molecule has 12 heteroatoms. The van der Waals surface area contributed by atoms with Crippen LogP contribution in [0, 0.1) is 23.2 Å². The van der Waals surface area contributed by atoms with E-state index in [2.05, 4.69) is 23.6 Å². The lowest BCUT2D eigenvalue weighted by Crippen LogP contribution is -2.57. The van der Waals surface area contributed by atoms with Crippen LogP contribution >= 0.6 is 0 Å². The number of ether oxygens (including phenoxy) is 4. The molecule has 0 heterocycles. The maximum Gasteiger partial charge on any atom is 0.246 e. The first kappa shape index (κ1) is 35.5. The van der Waals surface area contributed by atoms with Gasteiger partial charge in [-0.2, -0.15) is 0 Å². The quantitative estimate of drug-likeness (QED) is 0.176. The van der Waals surface area contributed by atoms with Gasteiger partial charge in [0, 0.05) is 20.1 Å². The molecule has 0 radical (unpaired) electrons. The number of aliphatic hydroxyl groups excluding tert-OH is 1. The van der Waals surface area contributed by atoms with E-state index in [0.717, 1.165) is 25.7 Å². The molecule has 0 aromatic heterocycles. The molecule has 9 atom stereocenters. The van der Waals surface area contributed by atoms with E-state index in [1.807, 2.05) is 12.1 Å². The van der Waals surface area contributed by atoms with E-state index >= 15 is 0 Å². The Morgan fingerprint density at radius 2 is 1.81 bits per heavy atom. The largest absolute Gasteiger partial charge is 0.508 e. The number of phenols is 1. The van der Waals surface area contributed by atoms with E-state index in [1.54, 1.807) is 0 Å². The second-order valence-electron chi connectivity index (χ2n) is 14.0. The van der Waals surface area contributed by atoms with Gasteiger partial charge in [-0.25, -0.2) is 0 Å². The molecule has 47 heavy (non-hydrogen) atoms. The fourth-order valence-electron chi connectivity index (χ4n) is 9.01. The Bertz CT molecular complexity index is 1250. The number of aryl methyl sites for hydroxylation is 1. The van der Waals surface area contributed by atoms with Crippen LogP contribution < -0.4 is 16.4 Å². The Balaban J connectivity index is 0.906. The van der Waals surface area contributed by atoms with Crippen LogP contribution in [0.3, 0.4) is 0 Å². The molecule has 9 unspecified atom stereocenters. The number of hydrogen-bond donors (Lipinski definition) is 5. The van der Waals surface area contributed by atoms with E-state index in [9.17, 15) is 24.6 Å². The Morgan fingerprint density at radius 3 is 2.60 bits per heavy atom. The summed E-state index contributed by atoms with van der Waals surface area (Å²) in [4.78, 5) is 36.4. The third-order valence-electron chi connectivity index (χ3n) is 11.4. The highest BCUT2D eigenvalue weighted by atomic mass is 16.5. The van der Waals surface area contributed by atoms with Gasteiger partial charge < -0.3 is 45.5 Å². The van der Waals surface area contributed by atoms with E-state index < -0.39 is 36.0 Å². The van der Waals surface area contributed by atoms with Crippen molar-refractivity contribution in [2.24, 2.45) is 28.9 Å². The van der Waals surface area contributed by atoms with Crippen molar-refractivity contribution in [3.05, 3.63) is 29.3 Å². The monoisotopic (exact) mass is 659 g/mol.